The number of phosphoric ester groups is 1. The molecule has 0 bridgehead atoms. The van der Waals surface area contributed by atoms with E-state index in [-0.39, 0.29) is 19.4 Å². The fraction of sp³-hybridized carbons (Fsp3) is 0.692. The van der Waals surface area contributed by atoms with Gasteiger partial charge in [0.25, 0.3) is 0 Å². The first-order chi connectivity index (χ1) is 23.3. The minimum absolute atomic E-state index is 0.219. The predicted molar refractivity (Wildman–Crippen MR) is 198 cm³/mol. The molecule has 2 atom stereocenters. The van der Waals surface area contributed by atoms with Crippen molar-refractivity contribution in [2.24, 2.45) is 0 Å². The molecule has 9 heteroatoms. The lowest BCUT2D eigenvalue weighted by Gasteiger charge is -2.19. The highest BCUT2D eigenvalue weighted by atomic mass is 31.2. The molecular formula is C39H67O8P. The third-order valence-electron chi connectivity index (χ3n) is 7.50. The number of unbranched alkanes of at least 4 members (excludes halogenated alkanes) is 12. The standard InChI is InChI=1S/C39H67O8P/c1-4-6-8-10-12-14-16-18-20-22-24-26-28-30-32-34-39(41)47-37(36-46-48(42,43)44-3)35-45-38(40)33-31-29-27-25-23-21-19-17-15-13-11-9-7-5-2/h6,8,11-14,17-20,37H,4-5,7,9-10,15-16,21-36H2,1-3H3,(H,42,43)/b8-6-,13-11-,14-12-,19-17-,20-18-. The molecule has 0 radical (unpaired) electrons. The van der Waals surface area contributed by atoms with Gasteiger partial charge in [0.1, 0.15) is 6.61 Å². The molecule has 0 spiro atoms. The largest absolute Gasteiger partial charge is 0.472 e. The van der Waals surface area contributed by atoms with Gasteiger partial charge in [0.2, 0.25) is 0 Å². The Balaban J connectivity index is 4.14. The van der Waals surface area contributed by atoms with Gasteiger partial charge in [-0.2, -0.15) is 0 Å². The maximum Gasteiger partial charge on any atom is 0.472 e. The first kappa shape index (κ1) is 45.8. The lowest BCUT2D eigenvalue weighted by molar-refractivity contribution is -0.161. The van der Waals surface area contributed by atoms with Gasteiger partial charge in [-0.15, -0.1) is 0 Å². The molecule has 0 aliphatic heterocycles. The van der Waals surface area contributed by atoms with Crippen molar-refractivity contribution >= 4 is 19.8 Å². The Kier molecular flexibility index (Phi) is 33.0. The van der Waals surface area contributed by atoms with Gasteiger partial charge in [-0.05, 0) is 70.6 Å². The van der Waals surface area contributed by atoms with E-state index in [0.717, 1.165) is 110 Å². The summed E-state index contributed by atoms with van der Waals surface area (Å²) in [4.78, 5) is 34.3. The summed E-state index contributed by atoms with van der Waals surface area (Å²) in [6.07, 6.45) is 41.2. The molecule has 1 N–H and O–H groups in total. The molecule has 2 unspecified atom stereocenters. The molecule has 0 saturated heterocycles. The smallest absolute Gasteiger partial charge is 0.462 e. The summed E-state index contributed by atoms with van der Waals surface area (Å²) in [5, 5.41) is 0. The van der Waals surface area contributed by atoms with Crippen molar-refractivity contribution < 1.29 is 37.6 Å². The zero-order valence-electron chi connectivity index (χ0n) is 30.4. The van der Waals surface area contributed by atoms with Gasteiger partial charge in [0.05, 0.1) is 6.61 Å². The molecule has 0 saturated carbocycles. The lowest BCUT2D eigenvalue weighted by Crippen LogP contribution is -2.29. The van der Waals surface area contributed by atoms with Gasteiger partial charge in [-0.25, -0.2) is 4.57 Å². The molecule has 0 amide bonds. The third kappa shape index (κ3) is 33.6. The summed E-state index contributed by atoms with van der Waals surface area (Å²) in [6, 6.07) is 0. The van der Waals surface area contributed by atoms with Crippen molar-refractivity contribution in [3.8, 4) is 0 Å². The molecule has 48 heavy (non-hydrogen) atoms. The Morgan fingerprint density at radius 2 is 1.06 bits per heavy atom. The number of ether oxygens (including phenoxy) is 2. The highest BCUT2D eigenvalue weighted by Crippen LogP contribution is 2.42. The number of hydrogen-bond acceptors (Lipinski definition) is 7. The molecule has 0 aromatic rings. The van der Waals surface area contributed by atoms with E-state index >= 15 is 0 Å². The van der Waals surface area contributed by atoms with E-state index in [0.29, 0.717) is 6.42 Å². The highest BCUT2D eigenvalue weighted by Gasteiger charge is 2.24. The van der Waals surface area contributed by atoms with Crippen molar-refractivity contribution in [2.75, 3.05) is 20.3 Å². The van der Waals surface area contributed by atoms with Crippen molar-refractivity contribution in [3.63, 3.8) is 0 Å². The number of rotatable bonds is 33. The van der Waals surface area contributed by atoms with Crippen LogP contribution in [0.25, 0.3) is 0 Å². The predicted octanol–water partition coefficient (Wildman–Crippen LogP) is 11.2. The SMILES string of the molecule is CC/C=C\C/C=C\C/C=C\CCCCCCCC(=O)OC(COC(=O)CCCCCCC/C=C\C/C=C\CCCC)COP(=O)(O)OC. The van der Waals surface area contributed by atoms with Crippen LogP contribution in [0.15, 0.2) is 60.8 Å². The summed E-state index contributed by atoms with van der Waals surface area (Å²) in [5.74, 6) is -0.847. The second-order valence-corrected chi connectivity index (χ2v) is 13.5. The monoisotopic (exact) mass is 694 g/mol. The Morgan fingerprint density at radius 1 is 0.604 bits per heavy atom. The van der Waals surface area contributed by atoms with Crippen LogP contribution in [0.1, 0.15) is 149 Å². The summed E-state index contributed by atoms with van der Waals surface area (Å²) in [7, 11) is -3.22. The third-order valence-corrected chi connectivity index (χ3v) is 8.43. The van der Waals surface area contributed by atoms with Crippen LogP contribution in [0.4, 0.5) is 0 Å². The fourth-order valence-corrected chi connectivity index (χ4v) is 5.09. The summed E-state index contributed by atoms with van der Waals surface area (Å²) in [6.45, 7) is 3.68. The fourth-order valence-electron chi connectivity index (χ4n) is 4.63. The van der Waals surface area contributed by atoms with Crippen LogP contribution in [0.3, 0.4) is 0 Å². The zero-order chi connectivity index (χ0) is 35.4. The molecule has 0 rings (SSSR count). The number of carbonyl (C=O) groups is 2. The van der Waals surface area contributed by atoms with Gasteiger partial charge >= 0.3 is 19.8 Å². The van der Waals surface area contributed by atoms with E-state index in [1.807, 2.05) is 0 Å². The number of phosphoric acid groups is 1. The van der Waals surface area contributed by atoms with Gasteiger partial charge in [0, 0.05) is 20.0 Å². The van der Waals surface area contributed by atoms with Crippen LogP contribution in [0.2, 0.25) is 0 Å². The maximum absolute atomic E-state index is 12.4. The van der Waals surface area contributed by atoms with Gasteiger partial charge in [-0.3, -0.25) is 18.6 Å². The molecule has 0 heterocycles. The number of carbonyl (C=O) groups excluding carboxylic acids is 2. The Bertz CT molecular complexity index is 969. The topological polar surface area (TPSA) is 108 Å². The Hall–Kier alpha value is -2.25. The number of allylic oxidation sites excluding steroid dienone is 10. The molecule has 0 aromatic carbocycles. The van der Waals surface area contributed by atoms with Gasteiger partial charge in [-0.1, -0.05) is 126 Å². The molecule has 0 aliphatic rings. The van der Waals surface area contributed by atoms with Crippen molar-refractivity contribution in [1.29, 1.82) is 0 Å². The second-order valence-electron chi connectivity index (χ2n) is 12.0. The lowest BCUT2D eigenvalue weighted by atomic mass is 10.1. The normalized spacial score (nSPS) is 14.2. The molecular weight excluding hydrogens is 627 g/mol. The van der Waals surface area contributed by atoms with Crippen LogP contribution in [-0.4, -0.2) is 43.3 Å². The summed E-state index contributed by atoms with van der Waals surface area (Å²) >= 11 is 0. The van der Waals surface area contributed by atoms with E-state index in [1.165, 1.54) is 12.8 Å². The average molecular weight is 695 g/mol. The molecule has 0 fully saturated rings. The van der Waals surface area contributed by atoms with Gasteiger partial charge in [0.15, 0.2) is 6.10 Å². The van der Waals surface area contributed by atoms with Crippen LogP contribution < -0.4 is 0 Å². The van der Waals surface area contributed by atoms with Crippen LogP contribution in [0.5, 0.6) is 0 Å². The quantitative estimate of drug-likeness (QED) is 0.0313. The minimum atomic E-state index is -4.27. The van der Waals surface area contributed by atoms with Crippen molar-refractivity contribution in [2.45, 2.75) is 155 Å². The molecule has 8 nitrogen and oxygen atoms in total. The van der Waals surface area contributed by atoms with E-state index in [4.69, 9.17) is 14.0 Å². The average Bonchev–Trinajstić information content (AvgIpc) is 3.07. The first-order valence-electron chi connectivity index (χ1n) is 18.5. The van der Waals surface area contributed by atoms with Crippen LogP contribution >= 0.6 is 7.82 Å². The van der Waals surface area contributed by atoms with Crippen molar-refractivity contribution in [3.05, 3.63) is 60.8 Å². The molecule has 276 valence electrons. The molecule has 0 aromatic heterocycles. The minimum Gasteiger partial charge on any atom is -0.462 e. The Labute approximate surface area is 292 Å². The van der Waals surface area contributed by atoms with Crippen molar-refractivity contribution in [1.82, 2.24) is 0 Å². The maximum atomic E-state index is 12.4. The molecule has 0 aliphatic carbocycles. The van der Waals surface area contributed by atoms with E-state index in [9.17, 15) is 19.0 Å². The zero-order valence-corrected chi connectivity index (χ0v) is 31.3. The summed E-state index contributed by atoms with van der Waals surface area (Å²) in [5.41, 5.74) is 0. The van der Waals surface area contributed by atoms with Crippen LogP contribution in [-0.2, 0) is 32.7 Å². The number of hydrogen-bond donors (Lipinski definition) is 1. The first-order valence-corrected chi connectivity index (χ1v) is 20.0. The van der Waals surface area contributed by atoms with E-state index < -0.39 is 32.5 Å². The Morgan fingerprint density at radius 3 is 1.58 bits per heavy atom. The highest BCUT2D eigenvalue weighted by molar-refractivity contribution is 7.47. The second kappa shape index (κ2) is 34.6. The van der Waals surface area contributed by atoms with Gasteiger partial charge < -0.3 is 14.4 Å². The number of esters is 2. The van der Waals surface area contributed by atoms with E-state index in [2.05, 4.69) is 79.1 Å². The van der Waals surface area contributed by atoms with Crippen LogP contribution in [0, 0.1) is 0 Å². The van der Waals surface area contributed by atoms with E-state index in [1.54, 1.807) is 0 Å². The summed E-state index contributed by atoms with van der Waals surface area (Å²) < 4.78 is 31.8.